The maximum atomic E-state index is 10.5. The van der Waals surface area contributed by atoms with Gasteiger partial charge in [0.25, 0.3) is 0 Å². The van der Waals surface area contributed by atoms with Crippen LogP contribution in [-0.2, 0) is 18.9 Å². The van der Waals surface area contributed by atoms with Crippen molar-refractivity contribution in [3.8, 4) is 0 Å². The Balaban J connectivity index is 1.32. The Morgan fingerprint density at radius 3 is 2.35 bits per heavy atom. The first-order chi connectivity index (χ1) is 18.4. The third-order valence-corrected chi connectivity index (χ3v) is 11.6. The molecule has 224 valence electrons. The van der Waals surface area contributed by atoms with Crippen LogP contribution in [-0.4, -0.2) is 57.1 Å². The summed E-state index contributed by atoms with van der Waals surface area (Å²) >= 11 is 0. The van der Waals surface area contributed by atoms with E-state index in [2.05, 4.69) is 38.1 Å². The summed E-state index contributed by atoms with van der Waals surface area (Å²) in [5.74, 6) is -0.485. The van der Waals surface area contributed by atoms with Crippen LogP contribution >= 0.6 is 0 Å². The van der Waals surface area contributed by atoms with Crippen molar-refractivity contribution in [2.24, 2.45) is 33.7 Å². The molecule has 4 fully saturated rings. The predicted octanol–water partition coefficient (Wildman–Crippen LogP) is 6.52. The number of hydrogen-bond donors (Lipinski definition) is 2. The van der Waals surface area contributed by atoms with Gasteiger partial charge in [0.1, 0.15) is 0 Å². The van der Waals surface area contributed by atoms with E-state index in [1.807, 2.05) is 41.5 Å². The molecule has 6 rings (SSSR count). The van der Waals surface area contributed by atoms with Crippen LogP contribution in [0, 0.1) is 28.6 Å². The van der Waals surface area contributed by atoms with Crippen molar-refractivity contribution in [3.05, 3.63) is 23.3 Å². The molecule has 2 saturated carbocycles. The summed E-state index contributed by atoms with van der Waals surface area (Å²) in [6.45, 7) is 18.8. The van der Waals surface area contributed by atoms with Crippen LogP contribution in [0.4, 0.5) is 0 Å². The number of rotatable bonds is 4. The Hall–Kier alpha value is -1.25. The molecule has 7 heteroatoms. The van der Waals surface area contributed by atoms with Crippen molar-refractivity contribution < 1.29 is 29.3 Å². The molecule has 4 aliphatic carbocycles. The van der Waals surface area contributed by atoms with Crippen LogP contribution in [0.15, 0.2) is 28.5 Å². The van der Waals surface area contributed by atoms with Crippen molar-refractivity contribution in [1.82, 2.24) is 0 Å². The smallest absolute Gasteiger partial charge is 0.164 e. The van der Waals surface area contributed by atoms with Gasteiger partial charge in [0.05, 0.1) is 35.2 Å². The van der Waals surface area contributed by atoms with Gasteiger partial charge in [-0.25, -0.2) is 0 Å². The molecule has 2 N–H and O–H groups in total. The van der Waals surface area contributed by atoms with Gasteiger partial charge in [-0.15, -0.1) is 0 Å². The first kappa shape index (κ1) is 28.9. The topological polar surface area (TPSA) is 89.7 Å². The maximum absolute atomic E-state index is 10.5. The minimum Gasteiger partial charge on any atom is -0.411 e. The van der Waals surface area contributed by atoms with Gasteiger partial charge in [0, 0.05) is 11.8 Å². The molecule has 40 heavy (non-hydrogen) atoms. The summed E-state index contributed by atoms with van der Waals surface area (Å²) in [6, 6.07) is 0. The highest BCUT2D eigenvalue weighted by atomic mass is 16.8. The average Bonchev–Trinajstić information content (AvgIpc) is 3.41. The van der Waals surface area contributed by atoms with Gasteiger partial charge >= 0.3 is 0 Å². The molecule has 0 aromatic heterocycles. The Kier molecular flexibility index (Phi) is 6.41. The first-order valence-electron chi connectivity index (χ1n) is 15.5. The van der Waals surface area contributed by atoms with Crippen LogP contribution in [0.3, 0.4) is 0 Å². The van der Waals surface area contributed by atoms with Crippen molar-refractivity contribution >= 4 is 5.71 Å². The zero-order valence-electron chi connectivity index (χ0n) is 26.0. The van der Waals surface area contributed by atoms with Crippen molar-refractivity contribution in [1.29, 1.82) is 0 Å². The third kappa shape index (κ3) is 4.36. The van der Waals surface area contributed by atoms with E-state index in [0.717, 1.165) is 44.2 Å². The van der Waals surface area contributed by atoms with Gasteiger partial charge in [-0.3, -0.25) is 0 Å². The summed E-state index contributed by atoms with van der Waals surface area (Å²) in [4.78, 5) is 0. The zero-order chi connectivity index (χ0) is 29.1. The lowest BCUT2D eigenvalue weighted by Crippen LogP contribution is -2.56. The molecule has 0 bridgehead atoms. The fourth-order valence-electron chi connectivity index (χ4n) is 9.96. The van der Waals surface area contributed by atoms with Gasteiger partial charge in [-0.05, 0) is 127 Å². The minimum atomic E-state index is -0.751. The summed E-state index contributed by atoms with van der Waals surface area (Å²) in [7, 11) is 0. The highest BCUT2D eigenvalue weighted by molar-refractivity contribution is 5.99. The Labute approximate surface area is 240 Å². The lowest BCUT2D eigenvalue weighted by molar-refractivity contribution is -0.177. The normalized spacial score (nSPS) is 48.2. The quantitative estimate of drug-likeness (QED) is 0.302. The molecule has 9 atom stereocenters. The molecule has 0 amide bonds. The van der Waals surface area contributed by atoms with Gasteiger partial charge in [-0.2, -0.15) is 0 Å². The second-order valence-corrected chi connectivity index (χ2v) is 15.9. The van der Waals surface area contributed by atoms with E-state index in [0.29, 0.717) is 12.3 Å². The summed E-state index contributed by atoms with van der Waals surface area (Å²) in [5.41, 5.74) is 2.15. The number of aliphatic hydroxyl groups is 1. The van der Waals surface area contributed by atoms with E-state index in [1.54, 1.807) is 0 Å². The van der Waals surface area contributed by atoms with Crippen molar-refractivity contribution in [3.63, 3.8) is 0 Å². The standard InChI is InChI=1S/C33H51NO6/c1-28(2,35)14-13-27-33(9,40-30(5,6)39-27)26-11-10-20-19-16-23(34-36)22-17-24-25(38-29(3,4)37-24)18-32(22,8)21(19)12-15-31(20,26)7/h10,16,21-22,24-27,35-36H,11-15,17-18H2,1-9H3/b34-23+/t21-,22-,24+,25-,26-,27+,31-,32+,33+/m0/s1. The summed E-state index contributed by atoms with van der Waals surface area (Å²) < 4.78 is 26.0. The molecule has 0 aromatic rings. The number of ether oxygens (including phenoxy) is 4. The lowest BCUT2D eigenvalue weighted by atomic mass is 9.47. The summed E-state index contributed by atoms with van der Waals surface area (Å²) in [5, 5.41) is 24.7. The van der Waals surface area contributed by atoms with E-state index in [1.165, 1.54) is 11.1 Å². The number of fused-ring (bicyclic) bond motifs is 6. The Morgan fingerprint density at radius 1 is 0.975 bits per heavy atom. The molecule has 2 saturated heterocycles. The molecule has 0 radical (unpaired) electrons. The number of hydrogen-bond acceptors (Lipinski definition) is 7. The molecule has 0 spiro atoms. The fourth-order valence-corrected chi connectivity index (χ4v) is 9.96. The molecule has 2 heterocycles. The van der Waals surface area contributed by atoms with Crippen LogP contribution in [0.1, 0.15) is 107 Å². The number of oxime groups is 1. The average molecular weight is 558 g/mol. The molecule has 6 aliphatic rings. The van der Waals surface area contributed by atoms with Crippen LogP contribution in [0.2, 0.25) is 0 Å². The highest BCUT2D eigenvalue weighted by Crippen LogP contribution is 2.67. The van der Waals surface area contributed by atoms with E-state index in [9.17, 15) is 10.3 Å². The van der Waals surface area contributed by atoms with E-state index >= 15 is 0 Å². The van der Waals surface area contributed by atoms with E-state index in [4.69, 9.17) is 18.9 Å². The van der Waals surface area contributed by atoms with E-state index in [-0.39, 0.29) is 41.0 Å². The Morgan fingerprint density at radius 2 is 1.68 bits per heavy atom. The molecule has 0 unspecified atom stereocenters. The Bertz CT molecular complexity index is 1150. The summed E-state index contributed by atoms with van der Waals surface area (Å²) in [6.07, 6.45) is 10.9. The first-order valence-corrected chi connectivity index (χ1v) is 15.5. The van der Waals surface area contributed by atoms with Gasteiger partial charge in [-0.1, -0.05) is 25.1 Å². The minimum absolute atomic E-state index is 0.0346. The molecule has 2 aliphatic heterocycles. The third-order valence-electron chi connectivity index (χ3n) is 11.6. The number of nitrogens with zero attached hydrogens (tertiary/aromatic N) is 1. The second-order valence-electron chi connectivity index (χ2n) is 15.9. The van der Waals surface area contributed by atoms with Crippen LogP contribution in [0.25, 0.3) is 0 Å². The van der Waals surface area contributed by atoms with Gasteiger partial charge < -0.3 is 29.3 Å². The van der Waals surface area contributed by atoms with Gasteiger partial charge in [0.2, 0.25) is 0 Å². The fraction of sp³-hybridized carbons (Fsp3) is 0.848. The molecule has 7 nitrogen and oxygen atoms in total. The highest BCUT2D eigenvalue weighted by Gasteiger charge is 2.65. The maximum Gasteiger partial charge on any atom is 0.164 e. The zero-order valence-corrected chi connectivity index (χ0v) is 26.0. The van der Waals surface area contributed by atoms with Gasteiger partial charge in [0.15, 0.2) is 11.6 Å². The SMILES string of the molecule is CC(C)(O)CC[C@H]1OC(C)(C)O[C@]1(C)[C@H]1CC=C2C3=C/C(=N\O)[C@@H]4C[C@H]5OC(C)(C)O[C@H]5C[C@]4(C)[C@H]3CC[C@@]21C. The largest absolute Gasteiger partial charge is 0.411 e. The molecule has 0 aromatic carbocycles. The van der Waals surface area contributed by atoms with Crippen molar-refractivity contribution in [2.45, 2.75) is 148 Å². The number of allylic oxidation sites excluding steroid dienone is 4. The van der Waals surface area contributed by atoms with Crippen LogP contribution in [0.5, 0.6) is 0 Å². The van der Waals surface area contributed by atoms with Crippen LogP contribution < -0.4 is 0 Å². The predicted molar refractivity (Wildman–Crippen MR) is 153 cm³/mol. The van der Waals surface area contributed by atoms with Crippen molar-refractivity contribution in [2.75, 3.05) is 0 Å². The lowest BCUT2D eigenvalue weighted by Gasteiger charge is -2.57. The molecular weight excluding hydrogens is 506 g/mol. The van der Waals surface area contributed by atoms with E-state index < -0.39 is 22.8 Å². The second kappa shape index (κ2) is 8.89. The molecular formula is C33H51NO6. The monoisotopic (exact) mass is 557 g/mol.